The van der Waals surface area contributed by atoms with E-state index >= 15 is 0 Å². The van der Waals surface area contributed by atoms with Gasteiger partial charge in [-0.15, -0.1) is 0 Å². The molecule has 1 N–H and O–H groups in total. The molecule has 1 aromatic carbocycles. The molecule has 1 amide bonds. The van der Waals surface area contributed by atoms with E-state index in [9.17, 15) is 4.79 Å². The summed E-state index contributed by atoms with van der Waals surface area (Å²) in [5.41, 5.74) is 1.06. The Labute approximate surface area is 116 Å². The average molecular weight is 260 g/mol. The third-order valence-electron chi connectivity index (χ3n) is 3.97. The Hall–Kier alpha value is -1.35. The number of carbonyl (C=O) groups excluding carboxylic acids is 1. The molecule has 3 nitrogen and oxygen atoms in total. The monoisotopic (exact) mass is 260 g/mol. The molecular weight excluding hydrogens is 236 g/mol. The van der Waals surface area contributed by atoms with Gasteiger partial charge in [0, 0.05) is 6.04 Å². The van der Waals surface area contributed by atoms with Gasteiger partial charge in [0.15, 0.2) is 0 Å². The minimum absolute atomic E-state index is 0.132. The molecule has 1 saturated heterocycles. The van der Waals surface area contributed by atoms with Crippen LogP contribution in [-0.4, -0.2) is 23.0 Å². The molecule has 3 unspecified atom stereocenters. The van der Waals surface area contributed by atoms with Gasteiger partial charge in [0.1, 0.15) is 6.04 Å². The van der Waals surface area contributed by atoms with Crippen LogP contribution in [0.3, 0.4) is 0 Å². The van der Waals surface area contributed by atoms with Crippen molar-refractivity contribution < 1.29 is 4.79 Å². The number of nitrogens with zero attached hydrogens (tertiary/aromatic N) is 1. The van der Waals surface area contributed by atoms with Gasteiger partial charge >= 0.3 is 0 Å². The van der Waals surface area contributed by atoms with Crippen LogP contribution in [-0.2, 0) is 4.79 Å². The summed E-state index contributed by atoms with van der Waals surface area (Å²) >= 11 is 0. The van der Waals surface area contributed by atoms with Crippen LogP contribution in [0.15, 0.2) is 30.3 Å². The fraction of sp³-hybridized carbons (Fsp3) is 0.562. The lowest BCUT2D eigenvalue weighted by atomic mass is 10.1. The molecule has 0 bridgehead atoms. The van der Waals surface area contributed by atoms with Crippen molar-refractivity contribution in [2.45, 2.75) is 52.4 Å². The first kappa shape index (κ1) is 14.1. The van der Waals surface area contributed by atoms with Gasteiger partial charge in [0.2, 0.25) is 5.91 Å². The number of hydrogen-bond donors (Lipinski definition) is 1. The second-order valence-corrected chi connectivity index (χ2v) is 5.70. The van der Waals surface area contributed by atoms with E-state index in [1.807, 2.05) is 35.2 Å². The van der Waals surface area contributed by atoms with Gasteiger partial charge in [0.05, 0.1) is 6.17 Å². The van der Waals surface area contributed by atoms with Gasteiger partial charge < -0.3 is 4.90 Å². The number of amides is 1. The van der Waals surface area contributed by atoms with Crippen molar-refractivity contribution in [3.8, 4) is 0 Å². The van der Waals surface area contributed by atoms with E-state index in [2.05, 4.69) is 33.0 Å². The Bertz CT molecular complexity index is 430. The molecule has 0 aromatic heterocycles. The number of hydrogen-bond acceptors (Lipinski definition) is 2. The number of nitrogens with one attached hydrogen (secondary N) is 1. The molecule has 0 spiro atoms. The summed E-state index contributed by atoms with van der Waals surface area (Å²) in [7, 11) is 0. The number of rotatable bonds is 4. The van der Waals surface area contributed by atoms with Gasteiger partial charge in [0.25, 0.3) is 0 Å². The standard InChI is InChI=1S/C16H24N2O/c1-5-12(4)18-15(11(2)3)17-14(16(18)19)13-9-7-6-8-10-13/h6-12,14-15,17H,5H2,1-4H3. The Morgan fingerprint density at radius 2 is 1.84 bits per heavy atom. The Morgan fingerprint density at radius 3 is 2.37 bits per heavy atom. The van der Waals surface area contributed by atoms with Crippen LogP contribution in [0.2, 0.25) is 0 Å². The molecule has 1 heterocycles. The average Bonchev–Trinajstić information content (AvgIpc) is 2.77. The molecule has 0 radical (unpaired) electrons. The molecule has 104 valence electrons. The summed E-state index contributed by atoms with van der Waals surface area (Å²) in [5.74, 6) is 0.617. The van der Waals surface area contributed by atoms with Gasteiger partial charge in [-0.1, -0.05) is 51.1 Å². The van der Waals surface area contributed by atoms with E-state index < -0.39 is 0 Å². The minimum atomic E-state index is -0.192. The van der Waals surface area contributed by atoms with Crippen LogP contribution in [0.5, 0.6) is 0 Å². The van der Waals surface area contributed by atoms with E-state index in [1.54, 1.807) is 0 Å². The van der Waals surface area contributed by atoms with E-state index in [0.29, 0.717) is 5.92 Å². The first-order valence-corrected chi connectivity index (χ1v) is 7.19. The first-order valence-electron chi connectivity index (χ1n) is 7.19. The molecule has 3 atom stereocenters. The second-order valence-electron chi connectivity index (χ2n) is 5.70. The zero-order valence-corrected chi connectivity index (χ0v) is 12.3. The fourth-order valence-corrected chi connectivity index (χ4v) is 2.69. The van der Waals surface area contributed by atoms with Gasteiger partial charge in [-0.25, -0.2) is 0 Å². The molecule has 2 rings (SSSR count). The van der Waals surface area contributed by atoms with Gasteiger partial charge in [-0.05, 0) is 24.8 Å². The highest BCUT2D eigenvalue weighted by molar-refractivity contribution is 5.86. The topological polar surface area (TPSA) is 32.3 Å². The van der Waals surface area contributed by atoms with Crippen LogP contribution in [0, 0.1) is 5.92 Å². The van der Waals surface area contributed by atoms with Gasteiger partial charge in [-0.2, -0.15) is 0 Å². The van der Waals surface area contributed by atoms with E-state index in [-0.39, 0.29) is 24.2 Å². The van der Waals surface area contributed by atoms with E-state index in [0.717, 1.165) is 12.0 Å². The lowest BCUT2D eigenvalue weighted by Gasteiger charge is -2.32. The maximum atomic E-state index is 12.7. The van der Waals surface area contributed by atoms with Crippen molar-refractivity contribution >= 4 is 5.91 Å². The van der Waals surface area contributed by atoms with Crippen molar-refractivity contribution in [1.29, 1.82) is 0 Å². The molecule has 1 aliphatic heterocycles. The van der Waals surface area contributed by atoms with Crippen molar-refractivity contribution in [1.82, 2.24) is 10.2 Å². The molecule has 3 heteroatoms. The SMILES string of the molecule is CCC(C)N1C(=O)C(c2ccccc2)NC1C(C)C. The molecular formula is C16H24N2O. The zero-order chi connectivity index (χ0) is 14.0. The summed E-state index contributed by atoms with van der Waals surface area (Å²) < 4.78 is 0. The van der Waals surface area contributed by atoms with Crippen molar-refractivity contribution in [3.05, 3.63) is 35.9 Å². The Morgan fingerprint density at radius 1 is 1.21 bits per heavy atom. The van der Waals surface area contributed by atoms with Crippen molar-refractivity contribution in [3.63, 3.8) is 0 Å². The highest BCUT2D eigenvalue weighted by atomic mass is 16.2. The summed E-state index contributed by atoms with van der Waals surface area (Å²) in [6.45, 7) is 8.58. The summed E-state index contributed by atoms with van der Waals surface area (Å²) in [5, 5.41) is 3.50. The highest BCUT2D eigenvalue weighted by Gasteiger charge is 2.42. The van der Waals surface area contributed by atoms with E-state index in [1.165, 1.54) is 0 Å². The van der Waals surface area contributed by atoms with Crippen LogP contribution in [0.25, 0.3) is 0 Å². The third-order valence-corrected chi connectivity index (χ3v) is 3.97. The molecule has 19 heavy (non-hydrogen) atoms. The second kappa shape index (κ2) is 5.74. The van der Waals surface area contributed by atoms with Crippen molar-refractivity contribution in [2.24, 2.45) is 5.92 Å². The maximum absolute atomic E-state index is 12.7. The summed E-state index contributed by atoms with van der Waals surface area (Å²) in [4.78, 5) is 14.7. The number of benzene rings is 1. The minimum Gasteiger partial charge on any atom is -0.323 e. The molecule has 1 aromatic rings. The van der Waals surface area contributed by atoms with E-state index in [4.69, 9.17) is 0 Å². The summed E-state index contributed by atoms with van der Waals surface area (Å²) in [6, 6.07) is 10.1. The normalized spacial score (nSPS) is 25.1. The molecule has 0 aliphatic carbocycles. The Kier molecular flexibility index (Phi) is 4.25. The predicted octanol–water partition coefficient (Wildman–Crippen LogP) is 2.94. The largest absolute Gasteiger partial charge is 0.323 e. The first-order chi connectivity index (χ1) is 9.06. The van der Waals surface area contributed by atoms with Crippen LogP contribution in [0.4, 0.5) is 0 Å². The smallest absolute Gasteiger partial charge is 0.245 e. The lowest BCUT2D eigenvalue weighted by molar-refractivity contribution is -0.132. The van der Waals surface area contributed by atoms with Crippen LogP contribution >= 0.6 is 0 Å². The third kappa shape index (κ3) is 2.66. The van der Waals surface area contributed by atoms with Crippen molar-refractivity contribution in [2.75, 3.05) is 0 Å². The quantitative estimate of drug-likeness (QED) is 0.902. The lowest BCUT2D eigenvalue weighted by Crippen LogP contribution is -2.46. The predicted molar refractivity (Wildman–Crippen MR) is 77.5 cm³/mol. The molecule has 0 saturated carbocycles. The molecule has 1 aliphatic rings. The maximum Gasteiger partial charge on any atom is 0.245 e. The van der Waals surface area contributed by atoms with Crippen LogP contribution in [0.1, 0.15) is 45.7 Å². The van der Waals surface area contributed by atoms with Crippen LogP contribution < -0.4 is 5.32 Å². The summed E-state index contributed by atoms with van der Waals surface area (Å²) in [6.07, 6.45) is 1.12. The zero-order valence-electron chi connectivity index (χ0n) is 12.3. The highest BCUT2D eigenvalue weighted by Crippen LogP contribution is 2.29. The molecule has 1 fully saturated rings. The van der Waals surface area contributed by atoms with Gasteiger partial charge in [-0.3, -0.25) is 10.1 Å². The fourth-order valence-electron chi connectivity index (χ4n) is 2.69. The Balaban J connectivity index is 2.28. The number of carbonyl (C=O) groups is 1.